The number of rotatable bonds is 6. The number of hydrogen-bond acceptors (Lipinski definition) is 8. The van der Waals surface area contributed by atoms with Gasteiger partial charge in [0.1, 0.15) is 12.4 Å². The maximum atomic E-state index is 5.91. The predicted molar refractivity (Wildman–Crippen MR) is 103 cm³/mol. The minimum Gasteiger partial charge on any atom is -0.491 e. The fourth-order valence-corrected chi connectivity index (χ4v) is 3.32. The van der Waals surface area contributed by atoms with Gasteiger partial charge in [-0.15, -0.1) is 15.3 Å². The van der Waals surface area contributed by atoms with Crippen LogP contribution in [0.15, 0.2) is 35.0 Å². The summed E-state index contributed by atoms with van der Waals surface area (Å²) < 4.78 is 18.0. The van der Waals surface area contributed by atoms with E-state index in [1.54, 1.807) is 23.8 Å². The third-order valence-corrected chi connectivity index (χ3v) is 5.18. The zero-order valence-electron chi connectivity index (χ0n) is 16.2. The third kappa shape index (κ3) is 3.28. The summed E-state index contributed by atoms with van der Waals surface area (Å²) in [5.74, 6) is 2.60. The lowest BCUT2D eigenvalue weighted by atomic mass is 9.81. The molecule has 0 atom stereocenters. The van der Waals surface area contributed by atoms with E-state index in [9.17, 15) is 0 Å². The number of nitrogens with zero attached hydrogens (tertiary/aromatic N) is 6. The predicted octanol–water partition coefficient (Wildman–Crippen LogP) is 3.34. The van der Waals surface area contributed by atoms with Gasteiger partial charge in [-0.25, -0.2) is 0 Å². The maximum absolute atomic E-state index is 5.91. The Bertz CT molecular complexity index is 1150. The number of hydrogen-bond donors (Lipinski definition) is 0. The molecular formula is C20H20N6O3. The Hall–Kier alpha value is -3.49. The Morgan fingerprint density at radius 2 is 2.10 bits per heavy atom. The maximum Gasteiger partial charge on any atom is 0.275 e. The standard InChI is InChI=1S/C20H20N6O3/c1-12-8-16(25-29-12)19-23-22-18-9-17(27-2)20(24-26(18)19)28-11-15-7-6-14(10-21-15)13-4-3-5-13/h6-10,13H,3-5,11H2,1-2H3. The van der Waals surface area contributed by atoms with E-state index in [1.807, 2.05) is 19.2 Å². The van der Waals surface area contributed by atoms with E-state index in [0.717, 1.165) is 5.69 Å². The van der Waals surface area contributed by atoms with Gasteiger partial charge in [0.2, 0.25) is 5.82 Å². The van der Waals surface area contributed by atoms with E-state index in [4.69, 9.17) is 14.0 Å². The summed E-state index contributed by atoms with van der Waals surface area (Å²) in [7, 11) is 1.56. The van der Waals surface area contributed by atoms with Gasteiger partial charge in [0.25, 0.3) is 5.88 Å². The monoisotopic (exact) mass is 392 g/mol. The molecule has 4 heterocycles. The van der Waals surface area contributed by atoms with Crippen molar-refractivity contribution in [1.29, 1.82) is 0 Å². The fraction of sp³-hybridized carbons (Fsp3) is 0.350. The molecule has 0 N–H and O–H groups in total. The average Bonchev–Trinajstić information content (AvgIpc) is 3.30. The van der Waals surface area contributed by atoms with Crippen molar-refractivity contribution in [1.82, 2.24) is 30.0 Å². The summed E-state index contributed by atoms with van der Waals surface area (Å²) >= 11 is 0. The summed E-state index contributed by atoms with van der Waals surface area (Å²) in [5, 5.41) is 16.8. The van der Waals surface area contributed by atoms with E-state index >= 15 is 0 Å². The molecular weight excluding hydrogens is 372 g/mol. The molecule has 0 amide bonds. The zero-order chi connectivity index (χ0) is 19.8. The topological polar surface area (TPSA) is 100 Å². The Kier molecular flexibility index (Phi) is 4.34. The van der Waals surface area contributed by atoms with E-state index < -0.39 is 0 Å². The molecule has 29 heavy (non-hydrogen) atoms. The molecule has 0 bridgehead atoms. The van der Waals surface area contributed by atoms with Crippen molar-refractivity contribution in [2.45, 2.75) is 38.7 Å². The van der Waals surface area contributed by atoms with Crippen molar-refractivity contribution in [2.75, 3.05) is 7.11 Å². The van der Waals surface area contributed by atoms with Crippen molar-refractivity contribution in [3.05, 3.63) is 47.5 Å². The van der Waals surface area contributed by atoms with Gasteiger partial charge in [-0.1, -0.05) is 17.6 Å². The highest BCUT2D eigenvalue weighted by atomic mass is 16.5. The highest BCUT2D eigenvalue weighted by Gasteiger charge is 2.20. The molecule has 1 aliphatic carbocycles. The molecule has 148 valence electrons. The van der Waals surface area contributed by atoms with E-state index in [0.29, 0.717) is 40.5 Å². The van der Waals surface area contributed by atoms with Crippen LogP contribution in [0.3, 0.4) is 0 Å². The normalized spacial score (nSPS) is 14.1. The molecule has 0 aromatic carbocycles. The van der Waals surface area contributed by atoms with Crippen LogP contribution in [0.2, 0.25) is 0 Å². The lowest BCUT2D eigenvalue weighted by Gasteiger charge is -2.25. The lowest BCUT2D eigenvalue weighted by molar-refractivity contribution is 0.264. The zero-order valence-corrected chi connectivity index (χ0v) is 16.2. The molecule has 0 aliphatic heterocycles. The molecule has 1 saturated carbocycles. The van der Waals surface area contributed by atoms with Crippen LogP contribution >= 0.6 is 0 Å². The van der Waals surface area contributed by atoms with Crippen molar-refractivity contribution in [3.8, 4) is 23.1 Å². The van der Waals surface area contributed by atoms with Gasteiger partial charge in [0.15, 0.2) is 17.1 Å². The van der Waals surface area contributed by atoms with Gasteiger partial charge >= 0.3 is 0 Å². The summed E-state index contributed by atoms with van der Waals surface area (Å²) in [5.41, 5.74) is 3.20. The second-order valence-corrected chi connectivity index (χ2v) is 7.13. The molecule has 1 fully saturated rings. The molecule has 0 unspecified atom stereocenters. The smallest absolute Gasteiger partial charge is 0.275 e. The van der Waals surface area contributed by atoms with Crippen LogP contribution in [0, 0.1) is 6.92 Å². The van der Waals surface area contributed by atoms with Gasteiger partial charge < -0.3 is 14.0 Å². The van der Waals surface area contributed by atoms with E-state index in [2.05, 4.69) is 31.5 Å². The Morgan fingerprint density at radius 3 is 2.76 bits per heavy atom. The van der Waals surface area contributed by atoms with Crippen LogP contribution in [0.1, 0.15) is 42.2 Å². The summed E-state index contributed by atoms with van der Waals surface area (Å²) in [6.45, 7) is 2.09. The first-order chi connectivity index (χ1) is 14.2. The van der Waals surface area contributed by atoms with Gasteiger partial charge in [-0.05, 0) is 37.3 Å². The second kappa shape index (κ2) is 7.16. The fourth-order valence-electron chi connectivity index (χ4n) is 3.32. The SMILES string of the molecule is COc1cc2nnc(-c3cc(C)on3)n2nc1OCc1ccc(C2CCC2)cn1. The molecule has 9 nitrogen and oxygen atoms in total. The Labute approximate surface area is 166 Å². The number of methoxy groups -OCH3 is 1. The van der Waals surface area contributed by atoms with Crippen molar-refractivity contribution >= 4 is 5.65 Å². The van der Waals surface area contributed by atoms with Crippen LogP contribution in [-0.2, 0) is 6.61 Å². The number of fused-ring (bicyclic) bond motifs is 1. The highest BCUT2D eigenvalue weighted by Crippen LogP contribution is 2.36. The Morgan fingerprint density at radius 1 is 1.21 bits per heavy atom. The van der Waals surface area contributed by atoms with E-state index in [1.165, 1.54) is 24.8 Å². The van der Waals surface area contributed by atoms with Crippen LogP contribution in [-0.4, -0.2) is 37.1 Å². The van der Waals surface area contributed by atoms with Gasteiger partial charge in [0, 0.05) is 18.3 Å². The molecule has 9 heteroatoms. The van der Waals surface area contributed by atoms with E-state index in [-0.39, 0.29) is 6.61 Å². The largest absolute Gasteiger partial charge is 0.491 e. The molecule has 0 radical (unpaired) electrons. The first-order valence-corrected chi connectivity index (χ1v) is 9.53. The lowest BCUT2D eigenvalue weighted by Crippen LogP contribution is -2.10. The first-order valence-electron chi connectivity index (χ1n) is 9.53. The van der Waals surface area contributed by atoms with Crippen molar-refractivity contribution in [3.63, 3.8) is 0 Å². The van der Waals surface area contributed by atoms with Gasteiger partial charge in [0.05, 0.1) is 12.8 Å². The minimum atomic E-state index is 0.278. The molecule has 0 spiro atoms. The number of ether oxygens (including phenoxy) is 2. The average molecular weight is 392 g/mol. The first kappa shape index (κ1) is 17.6. The quantitative estimate of drug-likeness (QED) is 0.492. The highest BCUT2D eigenvalue weighted by molar-refractivity contribution is 5.56. The van der Waals surface area contributed by atoms with Gasteiger partial charge in [-0.2, -0.15) is 4.52 Å². The van der Waals surface area contributed by atoms with Crippen LogP contribution in [0.25, 0.3) is 17.2 Å². The van der Waals surface area contributed by atoms with Crippen LogP contribution < -0.4 is 9.47 Å². The van der Waals surface area contributed by atoms with Crippen LogP contribution in [0.4, 0.5) is 0 Å². The van der Waals surface area contributed by atoms with Crippen molar-refractivity contribution < 1.29 is 14.0 Å². The molecule has 1 aliphatic rings. The summed E-state index contributed by atoms with van der Waals surface area (Å²) in [6.07, 6.45) is 5.76. The Balaban J connectivity index is 1.40. The minimum absolute atomic E-state index is 0.278. The third-order valence-electron chi connectivity index (χ3n) is 5.18. The number of aryl methyl sites for hydroxylation is 1. The van der Waals surface area contributed by atoms with Gasteiger partial charge in [-0.3, -0.25) is 4.98 Å². The van der Waals surface area contributed by atoms with Crippen molar-refractivity contribution in [2.24, 2.45) is 0 Å². The number of aromatic nitrogens is 6. The molecule has 5 rings (SSSR count). The second-order valence-electron chi connectivity index (χ2n) is 7.13. The number of pyridine rings is 1. The molecule has 4 aromatic rings. The molecule has 0 saturated heterocycles. The molecule has 4 aromatic heterocycles. The summed E-state index contributed by atoms with van der Waals surface area (Å²) in [4.78, 5) is 4.52. The van der Waals surface area contributed by atoms with Crippen LogP contribution in [0.5, 0.6) is 11.6 Å². The summed E-state index contributed by atoms with van der Waals surface area (Å²) in [6, 6.07) is 7.63.